The summed E-state index contributed by atoms with van der Waals surface area (Å²) in [6.45, 7) is 0. The van der Waals surface area contributed by atoms with Gasteiger partial charge in [-0.25, -0.2) is 5.06 Å². The zero-order valence-corrected chi connectivity index (χ0v) is 14.2. The van der Waals surface area contributed by atoms with Gasteiger partial charge in [0.25, 0.3) is 0 Å². The van der Waals surface area contributed by atoms with Crippen LogP contribution in [0.2, 0.25) is 0 Å². The van der Waals surface area contributed by atoms with Gasteiger partial charge in [0.2, 0.25) is 0 Å². The third-order valence-electron chi connectivity index (χ3n) is 5.18. The van der Waals surface area contributed by atoms with Crippen LogP contribution < -0.4 is 9.80 Å². The molecule has 2 heterocycles. The third-order valence-corrected chi connectivity index (χ3v) is 5.18. The molecular formula is C21H16F3NO2. The molecule has 0 unspecified atom stereocenters. The van der Waals surface area contributed by atoms with Crippen molar-refractivity contribution >= 4 is 16.5 Å². The number of fused-ring (bicyclic) bond motifs is 5. The molecule has 0 amide bonds. The first-order valence-electron chi connectivity index (χ1n) is 8.80. The van der Waals surface area contributed by atoms with Gasteiger partial charge in [0.05, 0.1) is 17.8 Å². The number of ether oxygens (including phenoxy) is 1. The van der Waals surface area contributed by atoms with Gasteiger partial charge in [-0.2, -0.15) is 0 Å². The molecule has 2 aliphatic heterocycles. The van der Waals surface area contributed by atoms with E-state index in [1.807, 2.05) is 23.3 Å². The Morgan fingerprint density at radius 2 is 1.81 bits per heavy atom. The van der Waals surface area contributed by atoms with Gasteiger partial charge in [0.15, 0.2) is 0 Å². The Hall–Kier alpha value is -2.73. The van der Waals surface area contributed by atoms with Crippen molar-refractivity contribution in [2.24, 2.45) is 0 Å². The van der Waals surface area contributed by atoms with Crippen LogP contribution in [-0.2, 0) is 11.3 Å². The maximum absolute atomic E-state index is 12.5. The molecule has 0 N–H and O–H groups in total. The lowest BCUT2D eigenvalue weighted by atomic mass is 9.95. The molecular weight excluding hydrogens is 355 g/mol. The molecule has 2 aliphatic rings. The summed E-state index contributed by atoms with van der Waals surface area (Å²) in [5, 5.41) is 4.18. The molecule has 2 atom stereocenters. The minimum atomic E-state index is -4.69. The summed E-state index contributed by atoms with van der Waals surface area (Å²) in [7, 11) is 0. The Bertz CT molecular complexity index is 1010. The molecule has 1 saturated heterocycles. The molecule has 6 heteroatoms. The van der Waals surface area contributed by atoms with Gasteiger partial charge in [-0.3, -0.25) is 4.84 Å². The summed E-state index contributed by atoms with van der Waals surface area (Å²) in [6.07, 6.45) is -3.38. The van der Waals surface area contributed by atoms with E-state index < -0.39 is 6.36 Å². The Morgan fingerprint density at radius 1 is 1.00 bits per heavy atom. The van der Waals surface area contributed by atoms with E-state index in [9.17, 15) is 13.2 Å². The number of halogens is 3. The van der Waals surface area contributed by atoms with E-state index in [0.717, 1.165) is 23.1 Å². The fraction of sp³-hybridized carbons (Fsp3) is 0.238. The van der Waals surface area contributed by atoms with E-state index in [1.54, 1.807) is 6.07 Å². The molecule has 0 spiro atoms. The molecule has 3 aromatic carbocycles. The van der Waals surface area contributed by atoms with Gasteiger partial charge in [-0.05, 0) is 40.1 Å². The highest BCUT2D eigenvalue weighted by Gasteiger charge is 2.41. The summed E-state index contributed by atoms with van der Waals surface area (Å²) in [5.74, 6) is -0.189. The Kier molecular flexibility index (Phi) is 3.59. The molecule has 1 fully saturated rings. The maximum atomic E-state index is 12.5. The third kappa shape index (κ3) is 2.90. The summed E-state index contributed by atoms with van der Waals surface area (Å²) >= 11 is 0. The van der Waals surface area contributed by atoms with Crippen LogP contribution in [0.5, 0.6) is 5.75 Å². The van der Waals surface area contributed by atoms with Crippen molar-refractivity contribution in [2.75, 3.05) is 5.06 Å². The molecule has 3 nitrogen and oxygen atoms in total. The van der Waals surface area contributed by atoms with Crippen LogP contribution in [0.4, 0.5) is 18.9 Å². The molecule has 0 radical (unpaired) electrons. The van der Waals surface area contributed by atoms with Gasteiger partial charge >= 0.3 is 6.36 Å². The molecule has 0 aromatic heterocycles. The summed E-state index contributed by atoms with van der Waals surface area (Å²) in [4.78, 5) is 6.05. The smallest absolute Gasteiger partial charge is 0.406 e. The van der Waals surface area contributed by atoms with Gasteiger partial charge in [-0.15, -0.1) is 13.2 Å². The van der Waals surface area contributed by atoms with E-state index in [4.69, 9.17) is 4.84 Å². The number of rotatable bonds is 2. The standard InChI is InChI=1S/C21H16F3NO2/c22-21(23,24)26-15-8-9-19-14(10-15)11-16-12-20(25(19)27-16)18-7-3-5-13-4-1-2-6-17(13)18/h1-10,16,20H,11-12H2/t16-,20+/m1/s1. The molecule has 0 aliphatic carbocycles. The quantitative estimate of drug-likeness (QED) is 0.590. The zero-order chi connectivity index (χ0) is 18.6. The SMILES string of the molecule is FC(F)(F)Oc1ccc2c(c1)C[C@@H]1C[C@@H](c3cccc4ccccc34)N2O1. The summed E-state index contributed by atoms with van der Waals surface area (Å²) < 4.78 is 41.6. The van der Waals surface area contributed by atoms with Gasteiger partial charge in [0.1, 0.15) is 5.75 Å². The highest BCUT2D eigenvalue weighted by atomic mass is 19.4. The monoisotopic (exact) mass is 371 g/mol. The number of hydrogen-bond acceptors (Lipinski definition) is 3. The Balaban J connectivity index is 1.54. The fourth-order valence-corrected chi connectivity index (χ4v) is 4.14. The summed E-state index contributed by atoms with van der Waals surface area (Å²) in [6, 6.07) is 18.9. The van der Waals surface area contributed by atoms with Crippen LogP contribution in [0.25, 0.3) is 10.8 Å². The normalized spacial score (nSPS) is 21.4. The minimum absolute atomic E-state index is 0.0248. The topological polar surface area (TPSA) is 21.7 Å². The largest absolute Gasteiger partial charge is 0.573 e. The van der Waals surface area contributed by atoms with Crippen molar-refractivity contribution in [3.63, 3.8) is 0 Å². The van der Waals surface area contributed by atoms with Crippen molar-refractivity contribution in [3.05, 3.63) is 71.8 Å². The number of hydroxylamine groups is 1. The first kappa shape index (κ1) is 16.4. The second-order valence-electron chi connectivity index (χ2n) is 6.92. The van der Waals surface area contributed by atoms with Crippen molar-refractivity contribution < 1.29 is 22.7 Å². The lowest BCUT2D eigenvalue weighted by Gasteiger charge is -2.31. The zero-order valence-electron chi connectivity index (χ0n) is 14.2. The molecule has 3 aromatic rings. The van der Waals surface area contributed by atoms with Gasteiger partial charge in [0, 0.05) is 12.8 Å². The molecule has 0 saturated carbocycles. The van der Waals surface area contributed by atoms with Crippen LogP contribution in [0, 0.1) is 0 Å². The molecule has 2 bridgehead atoms. The minimum Gasteiger partial charge on any atom is -0.406 e. The van der Waals surface area contributed by atoms with Crippen molar-refractivity contribution in [1.82, 2.24) is 0 Å². The van der Waals surface area contributed by atoms with Gasteiger partial charge in [-0.1, -0.05) is 42.5 Å². The highest BCUT2D eigenvalue weighted by Crippen LogP contribution is 2.47. The molecule has 138 valence electrons. The number of nitrogens with zero attached hydrogens (tertiary/aromatic N) is 1. The average molecular weight is 371 g/mol. The van der Waals surface area contributed by atoms with Crippen LogP contribution in [0.15, 0.2) is 60.7 Å². The second kappa shape index (κ2) is 5.89. The van der Waals surface area contributed by atoms with E-state index in [1.165, 1.54) is 23.1 Å². The lowest BCUT2D eigenvalue weighted by Crippen LogP contribution is -2.28. The van der Waals surface area contributed by atoms with Crippen LogP contribution in [0.1, 0.15) is 23.6 Å². The first-order valence-corrected chi connectivity index (χ1v) is 8.80. The molecule has 27 heavy (non-hydrogen) atoms. The van der Waals surface area contributed by atoms with Crippen molar-refractivity contribution in [1.29, 1.82) is 0 Å². The highest BCUT2D eigenvalue weighted by molar-refractivity contribution is 5.86. The first-order chi connectivity index (χ1) is 13.0. The van der Waals surface area contributed by atoms with E-state index >= 15 is 0 Å². The van der Waals surface area contributed by atoms with E-state index in [-0.39, 0.29) is 17.9 Å². The van der Waals surface area contributed by atoms with Crippen LogP contribution in [-0.4, -0.2) is 12.5 Å². The second-order valence-corrected chi connectivity index (χ2v) is 6.92. The predicted molar refractivity (Wildman–Crippen MR) is 95.5 cm³/mol. The van der Waals surface area contributed by atoms with Crippen LogP contribution in [0.3, 0.4) is 0 Å². The van der Waals surface area contributed by atoms with E-state index in [2.05, 4.69) is 29.0 Å². The average Bonchev–Trinajstić information content (AvgIpc) is 2.97. The van der Waals surface area contributed by atoms with Gasteiger partial charge < -0.3 is 4.74 Å². The number of hydrogen-bond donors (Lipinski definition) is 0. The maximum Gasteiger partial charge on any atom is 0.573 e. The number of anilines is 1. The molecule has 5 rings (SSSR count). The lowest BCUT2D eigenvalue weighted by molar-refractivity contribution is -0.274. The van der Waals surface area contributed by atoms with E-state index in [0.29, 0.717) is 6.42 Å². The fourth-order valence-electron chi connectivity index (χ4n) is 4.14. The predicted octanol–water partition coefficient (Wildman–Crippen LogP) is 5.55. The van der Waals surface area contributed by atoms with Crippen molar-refractivity contribution in [3.8, 4) is 5.75 Å². The Morgan fingerprint density at radius 3 is 2.67 bits per heavy atom. The Labute approximate surface area is 153 Å². The summed E-state index contributed by atoms with van der Waals surface area (Å²) in [5.41, 5.74) is 2.78. The number of benzene rings is 3. The van der Waals surface area contributed by atoms with Crippen LogP contribution >= 0.6 is 0 Å². The van der Waals surface area contributed by atoms with Crippen molar-refractivity contribution in [2.45, 2.75) is 31.3 Å². The number of alkyl halides is 3.